The number of nitrogens with zero attached hydrogens (tertiary/aromatic N) is 1. The number of ether oxygens (including phenoxy) is 1. The molecule has 0 radical (unpaired) electrons. The highest BCUT2D eigenvalue weighted by atomic mass is 79.9. The Hall–Kier alpha value is -3.13. The number of hydrogen-bond acceptors (Lipinski definition) is 4. The van der Waals surface area contributed by atoms with Gasteiger partial charge in [-0.1, -0.05) is 54.1 Å². The standard InChI is InChI=1S/C27H17Br2ClN2O3/c28-22-10-16(14-31-32-27(33)25-13-19-12-20(30)8-9-24(19)35-25)11-23(29)26(22)34-15-18-6-3-5-17-4-1-2-7-21(17)18/h1-14H,15H2,(H,32,33)/b31-14+. The zero-order valence-corrected chi connectivity index (χ0v) is 22.0. The third kappa shape index (κ3) is 5.27. The van der Waals surface area contributed by atoms with Gasteiger partial charge in [-0.05, 0) is 90.2 Å². The van der Waals surface area contributed by atoms with Gasteiger partial charge in [0.15, 0.2) is 5.76 Å². The van der Waals surface area contributed by atoms with Crippen LogP contribution < -0.4 is 10.2 Å². The lowest BCUT2D eigenvalue weighted by Gasteiger charge is -2.13. The van der Waals surface area contributed by atoms with Crippen molar-refractivity contribution in [3.8, 4) is 5.75 Å². The van der Waals surface area contributed by atoms with Crippen LogP contribution in [0, 0.1) is 0 Å². The number of halogens is 3. The summed E-state index contributed by atoms with van der Waals surface area (Å²) in [7, 11) is 0. The fraction of sp³-hybridized carbons (Fsp3) is 0.0370. The highest BCUT2D eigenvalue weighted by Gasteiger charge is 2.13. The third-order valence-corrected chi connectivity index (χ3v) is 6.77. The Kier molecular flexibility index (Phi) is 6.90. The Labute approximate surface area is 223 Å². The van der Waals surface area contributed by atoms with Gasteiger partial charge in [-0.15, -0.1) is 0 Å². The Morgan fingerprint density at radius 3 is 2.57 bits per heavy atom. The summed E-state index contributed by atoms with van der Waals surface area (Å²) < 4.78 is 13.2. The lowest BCUT2D eigenvalue weighted by molar-refractivity contribution is 0.0929. The van der Waals surface area contributed by atoms with Crippen molar-refractivity contribution in [3.05, 3.63) is 110 Å². The van der Waals surface area contributed by atoms with Crippen LogP contribution in [-0.4, -0.2) is 12.1 Å². The maximum atomic E-state index is 12.4. The van der Waals surface area contributed by atoms with Gasteiger partial charge < -0.3 is 9.15 Å². The molecule has 4 aromatic carbocycles. The predicted octanol–water partition coefficient (Wildman–Crippen LogP) is 8.11. The molecule has 1 aromatic heterocycles. The van der Waals surface area contributed by atoms with E-state index in [2.05, 4.69) is 66.7 Å². The second kappa shape index (κ2) is 10.2. The zero-order chi connectivity index (χ0) is 24.4. The summed E-state index contributed by atoms with van der Waals surface area (Å²) >= 11 is 13.1. The second-order valence-electron chi connectivity index (χ2n) is 7.73. The van der Waals surface area contributed by atoms with Gasteiger partial charge in [-0.3, -0.25) is 4.79 Å². The largest absolute Gasteiger partial charge is 0.487 e. The highest BCUT2D eigenvalue weighted by Crippen LogP contribution is 2.35. The summed E-state index contributed by atoms with van der Waals surface area (Å²) in [4.78, 5) is 12.4. The number of benzene rings is 4. The molecule has 1 heterocycles. The normalized spacial score (nSPS) is 11.4. The molecule has 1 N–H and O–H groups in total. The monoisotopic (exact) mass is 610 g/mol. The number of fused-ring (bicyclic) bond motifs is 2. The summed E-state index contributed by atoms with van der Waals surface area (Å²) in [6.07, 6.45) is 1.54. The van der Waals surface area contributed by atoms with Gasteiger partial charge >= 0.3 is 5.91 Å². The van der Waals surface area contributed by atoms with Gasteiger partial charge in [0.2, 0.25) is 0 Å². The molecule has 5 aromatic rings. The van der Waals surface area contributed by atoms with Crippen LogP contribution in [0.1, 0.15) is 21.7 Å². The molecule has 0 saturated heterocycles. The van der Waals surface area contributed by atoms with Crippen molar-refractivity contribution in [2.45, 2.75) is 6.61 Å². The number of carbonyl (C=O) groups excluding carboxylic acids is 1. The molecule has 1 amide bonds. The van der Waals surface area contributed by atoms with E-state index in [1.165, 1.54) is 5.39 Å². The second-order valence-corrected chi connectivity index (χ2v) is 9.88. The van der Waals surface area contributed by atoms with Gasteiger partial charge in [0.05, 0.1) is 15.2 Å². The molecule has 0 saturated carbocycles. The minimum Gasteiger partial charge on any atom is -0.487 e. The van der Waals surface area contributed by atoms with Gasteiger partial charge in [-0.2, -0.15) is 5.10 Å². The molecule has 0 aliphatic rings. The first-order chi connectivity index (χ1) is 17.0. The molecule has 5 rings (SSSR count). The van der Waals surface area contributed by atoms with Crippen molar-refractivity contribution in [1.29, 1.82) is 0 Å². The van der Waals surface area contributed by atoms with E-state index in [1.807, 2.05) is 30.3 Å². The number of rotatable bonds is 6. The third-order valence-electron chi connectivity index (χ3n) is 5.35. The molecule has 35 heavy (non-hydrogen) atoms. The van der Waals surface area contributed by atoms with Crippen molar-refractivity contribution in [2.24, 2.45) is 5.10 Å². The van der Waals surface area contributed by atoms with E-state index >= 15 is 0 Å². The summed E-state index contributed by atoms with van der Waals surface area (Å²) in [6.45, 7) is 0.421. The summed E-state index contributed by atoms with van der Waals surface area (Å²) in [5.41, 5.74) is 4.92. The smallest absolute Gasteiger partial charge is 0.307 e. The van der Waals surface area contributed by atoms with Crippen molar-refractivity contribution in [3.63, 3.8) is 0 Å². The molecule has 8 heteroatoms. The molecule has 0 fully saturated rings. The first-order valence-corrected chi connectivity index (χ1v) is 12.6. The maximum Gasteiger partial charge on any atom is 0.307 e. The molecule has 0 spiro atoms. The van der Waals surface area contributed by atoms with Crippen LogP contribution in [0.2, 0.25) is 5.02 Å². The quantitative estimate of drug-likeness (QED) is 0.156. The number of amides is 1. The minimum absolute atomic E-state index is 0.152. The van der Waals surface area contributed by atoms with E-state index in [9.17, 15) is 4.79 Å². The van der Waals surface area contributed by atoms with E-state index in [4.69, 9.17) is 20.8 Å². The number of hydrogen-bond donors (Lipinski definition) is 1. The van der Waals surface area contributed by atoms with Gasteiger partial charge in [0.1, 0.15) is 17.9 Å². The molecule has 0 unspecified atom stereocenters. The topological polar surface area (TPSA) is 63.8 Å². The number of hydrazone groups is 1. The molecule has 174 valence electrons. The van der Waals surface area contributed by atoms with E-state index < -0.39 is 5.91 Å². The fourth-order valence-electron chi connectivity index (χ4n) is 3.71. The average molecular weight is 613 g/mol. The van der Waals surface area contributed by atoms with Gasteiger partial charge in [0, 0.05) is 10.4 Å². The molecule has 5 nitrogen and oxygen atoms in total. The van der Waals surface area contributed by atoms with Crippen LogP contribution in [0.4, 0.5) is 0 Å². The van der Waals surface area contributed by atoms with E-state index in [1.54, 1.807) is 30.5 Å². The highest BCUT2D eigenvalue weighted by molar-refractivity contribution is 9.11. The van der Waals surface area contributed by atoms with Crippen LogP contribution in [-0.2, 0) is 6.61 Å². The number of furan rings is 1. The zero-order valence-electron chi connectivity index (χ0n) is 18.1. The molecule has 0 bridgehead atoms. The summed E-state index contributed by atoms with van der Waals surface area (Å²) in [6, 6.07) is 24.9. The predicted molar refractivity (Wildman–Crippen MR) is 146 cm³/mol. The lowest BCUT2D eigenvalue weighted by Crippen LogP contribution is -2.16. The average Bonchev–Trinajstić information content (AvgIpc) is 3.27. The first-order valence-electron chi connectivity index (χ1n) is 10.6. The van der Waals surface area contributed by atoms with Gasteiger partial charge in [0.25, 0.3) is 0 Å². The lowest BCUT2D eigenvalue weighted by atomic mass is 10.1. The first kappa shape index (κ1) is 23.6. The van der Waals surface area contributed by atoms with Crippen molar-refractivity contribution < 1.29 is 13.9 Å². The minimum atomic E-state index is -0.457. The van der Waals surface area contributed by atoms with Gasteiger partial charge in [-0.25, -0.2) is 5.43 Å². The van der Waals surface area contributed by atoms with E-state index in [0.717, 1.165) is 30.8 Å². The molecule has 0 aliphatic heterocycles. The fourth-order valence-corrected chi connectivity index (χ4v) is 5.34. The van der Waals surface area contributed by atoms with Crippen molar-refractivity contribution in [1.82, 2.24) is 5.43 Å². The molecular formula is C27H17Br2ClN2O3. The van der Waals surface area contributed by atoms with E-state index in [-0.39, 0.29) is 5.76 Å². The van der Waals surface area contributed by atoms with Crippen LogP contribution in [0.3, 0.4) is 0 Å². The molecule has 0 aliphatic carbocycles. The van der Waals surface area contributed by atoms with Crippen molar-refractivity contribution in [2.75, 3.05) is 0 Å². The van der Waals surface area contributed by atoms with Crippen LogP contribution in [0.25, 0.3) is 21.7 Å². The molecule has 0 atom stereocenters. The Morgan fingerprint density at radius 2 is 1.74 bits per heavy atom. The van der Waals surface area contributed by atoms with E-state index in [0.29, 0.717) is 23.0 Å². The number of carbonyl (C=O) groups is 1. The number of nitrogens with one attached hydrogen (secondary N) is 1. The molecular weight excluding hydrogens is 596 g/mol. The Balaban J connectivity index is 1.26. The van der Waals surface area contributed by atoms with Crippen molar-refractivity contribution >= 4 is 77.3 Å². The Bertz CT molecular complexity index is 1570. The SMILES string of the molecule is O=C(N/N=C/c1cc(Br)c(OCc2cccc3ccccc23)c(Br)c1)c1cc2cc(Cl)ccc2o1. The van der Waals surface area contributed by atoms with Crippen LogP contribution >= 0.6 is 43.5 Å². The van der Waals surface area contributed by atoms with Crippen LogP contribution in [0.15, 0.2) is 97.3 Å². The Morgan fingerprint density at radius 1 is 0.971 bits per heavy atom. The van der Waals surface area contributed by atoms with Crippen LogP contribution in [0.5, 0.6) is 5.75 Å². The summed E-state index contributed by atoms with van der Waals surface area (Å²) in [5.74, 6) is 0.376. The maximum absolute atomic E-state index is 12.4. The summed E-state index contributed by atoms with van der Waals surface area (Å²) in [5, 5.41) is 7.71.